The molecule has 0 aliphatic heterocycles. The van der Waals surface area contributed by atoms with Gasteiger partial charge in [-0.25, -0.2) is 4.98 Å². The van der Waals surface area contributed by atoms with Crippen molar-refractivity contribution < 1.29 is 4.42 Å². The lowest BCUT2D eigenvalue weighted by molar-refractivity contribution is 0.546. The number of benzene rings is 1. The number of aromatic nitrogens is 1. The maximum Gasteiger partial charge on any atom is 0.180 e. The van der Waals surface area contributed by atoms with E-state index < -0.39 is 0 Å². The molecule has 1 unspecified atom stereocenters. The Kier molecular flexibility index (Phi) is 3.59. The third-order valence-electron chi connectivity index (χ3n) is 2.44. The molecular formula is C12H13ClN2O. The molecule has 0 saturated heterocycles. The van der Waals surface area contributed by atoms with Crippen molar-refractivity contribution in [1.82, 2.24) is 10.3 Å². The quantitative estimate of drug-likeness (QED) is 0.886. The number of halogens is 1. The van der Waals surface area contributed by atoms with Crippen molar-refractivity contribution in [1.29, 1.82) is 0 Å². The van der Waals surface area contributed by atoms with Gasteiger partial charge in [-0.2, -0.15) is 0 Å². The predicted octanol–water partition coefficient (Wildman–Crippen LogP) is 3.18. The van der Waals surface area contributed by atoms with Crippen molar-refractivity contribution in [3.05, 3.63) is 53.2 Å². The molecule has 1 aromatic heterocycles. The number of rotatable bonds is 4. The van der Waals surface area contributed by atoms with Crippen molar-refractivity contribution in [2.24, 2.45) is 0 Å². The van der Waals surface area contributed by atoms with Gasteiger partial charge in [0, 0.05) is 17.6 Å². The molecule has 2 aromatic rings. The van der Waals surface area contributed by atoms with E-state index in [1.54, 1.807) is 6.26 Å². The van der Waals surface area contributed by atoms with Gasteiger partial charge in [0.2, 0.25) is 0 Å². The van der Waals surface area contributed by atoms with Crippen molar-refractivity contribution in [3.63, 3.8) is 0 Å². The van der Waals surface area contributed by atoms with Crippen molar-refractivity contribution in [2.75, 3.05) is 0 Å². The Balaban J connectivity index is 1.98. The van der Waals surface area contributed by atoms with E-state index in [0.29, 0.717) is 6.54 Å². The summed E-state index contributed by atoms with van der Waals surface area (Å²) in [7, 11) is 0. The number of oxazole rings is 1. The molecule has 16 heavy (non-hydrogen) atoms. The van der Waals surface area contributed by atoms with E-state index in [1.807, 2.05) is 24.3 Å². The Labute approximate surface area is 99.5 Å². The molecule has 0 spiro atoms. The van der Waals surface area contributed by atoms with E-state index in [2.05, 4.69) is 17.2 Å². The zero-order valence-electron chi connectivity index (χ0n) is 8.98. The molecular weight excluding hydrogens is 224 g/mol. The van der Waals surface area contributed by atoms with Crippen molar-refractivity contribution in [2.45, 2.75) is 19.5 Å². The fraction of sp³-hybridized carbons (Fsp3) is 0.250. The third-order valence-corrected chi connectivity index (χ3v) is 2.79. The highest BCUT2D eigenvalue weighted by molar-refractivity contribution is 6.31. The molecule has 1 atom stereocenters. The van der Waals surface area contributed by atoms with E-state index in [9.17, 15) is 0 Å². The number of nitrogens with zero attached hydrogens (tertiary/aromatic N) is 1. The van der Waals surface area contributed by atoms with E-state index in [0.717, 1.165) is 16.3 Å². The summed E-state index contributed by atoms with van der Waals surface area (Å²) in [5.74, 6) is 0. The minimum Gasteiger partial charge on any atom is -0.451 e. The predicted molar refractivity (Wildman–Crippen MR) is 63.2 cm³/mol. The second-order valence-electron chi connectivity index (χ2n) is 3.60. The third kappa shape index (κ3) is 2.62. The van der Waals surface area contributed by atoms with Gasteiger partial charge in [0.15, 0.2) is 6.39 Å². The van der Waals surface area contributed by atoms with E-state index >= 15 is 0 Å². The second-order valence-corrected chi connectivity index (χ2v) is 4.01. The molecule has 0 aliphatic rings. The van der Waals surface area contributed by atoms with Gasteiger partial charge >= 0.3 is 0 Å². The first-order valence-electron chi connectivity index (χ1n) is 5.12. The average Bonchev–Trinajstić information content (AvgIpc) is 2.79. The maximum atomic E-state index is 6.11. The van der Waals surface area contributed by atoms with E-state index in [4.69, 9.17) is 16.0 Å². The minimum atomic E-state index is 0.186. The average molecular weight is 237 g/mol. The minimum absolute atomic E-state index is 0.186. The monoisotopic (exact) mass is 236 g/mol. The van der Waals surface area contributed by atoms with Gasteiger partial charge in [-0.3, -0.25) is 0 Å². The van der Waals surface area contributed by atoms with E-state index in [-0.39, 0.29) is 6.04 Å². The number of nitrogens with one attached hydrogen (secondary N) is 1. The molecule has 4 heteroatoms. The molecule has 0 fully saturated rings. The topological polar surface area (TPSA) is 38.1 Å². The lowest BCUT2D eigenvalue weighted by Gasteiger charge is -2.14. The number of hydrogen-bond donors (Lipinski definition) is 1. The molecule has 0 saturated carbocycles. The van der Waals surface area contributed by atoms with Crippen LogP contribution in [0.25, 0.3) is 0 Å². The highest BCUT2D eigenvalue weighted by atomic mass is 35.5. The molecule has 3 nitrogen and oxygen atoms in total. The fourth-order valence-corrected chi connectivity index (χ4v) is 1.82. The first kappa shape index (κ1) is 11.2. The lowest BCUT2D eigenvalue weighted by atomic mass is 10.1. The summed E-state index contributed by atoms with van der Waals surface area (Å²) in [5.41, 5.74) is 1.98. The summed E-state index contributed by atoms with van der Waals surface area (Å²) < 4.78 is 4.90. The van der Waals surface area contributed by atoms with Gasteiger partial charge in [-0.05, 0) is 18.6 Å². The molecule has 0 amide bonds. The van der Waals surface area contributed by atoms with Gasteiger partial charge in [0.25, 0.3) is 0 Å². The second kappa shape index (κ2) is 5.14. The molecule has 0 aliphatic carbocycles. The van der Waals surface area contributed by atoms with Crippen LogP contribution >= 0.6 is 11.6 Å². The zero-order chi connectivity index (χ0) is 11.4. The van der Waals surface area contributed by atoms with E-state index in [1.165, 1.54) is 6.39 Å². The van der Waals surface area contributed by atoms with Crippen LogP contribution in [0.3, 0.4) is 0 Å². The summed E-state index contributed by atoms with van der Waals surface area (Å²) in [4.78, 5) is 4.04. The van der Waals surface area contributed by atoms with Gasteiger partial charge in [-0.15, -0.1) is 0 Å². The molecule has 84 valence electrons. The highest BCUT2D eigenvalue weighted by Gasteiger charge is 2.08. The van der Waals surface area contributed by atoms with Crippen LogP contribution in [-0.4, -0.2) is 4.98 Å². The summed E-state index contributed by atoms with van der Waals surface area (Å²) in [6.45, 7) is 2.74. The van der Waals surface area contributed by atoms with Crippen LogP contribution in [0.15, 0.2) is 41.3 Å². The first-order valence-corrected chi connectivity index (χ1v) is 5.50. The molecule has 1 heterocycles. The van der Waals surface area contributed by atoms with Crippen LogP contribution in [0.1, 0.15) is 24.2 Å². The molecule has 2 rings (SSSR count). The maximum absolute atomic E-state index is 6.11. The van der Waals surface area contributed by atoms with Gasteiger partial charge in [-0.1, -0.05) is 29.8 Å². The number of hydrogen-bond acceptors (Lipinski definition) is 3. The summed E-state index contributed by atoms with van der Waals surface area (Å²) in [5, 5.41) is 4.12. The van der Waals surface area contributed by atoms with Crippen LogP contribution in [0, 0.1) is 0 Å². The smallest absolute Gasteiger partial charge is 0.180 e. The highest BCUT2D eigenvalue weighted by Crippen LogP contribution is 2.22. The Morgan fingerprint density at radius 2 is 2.25 bits per heavy atom. The van der Waals surface area contributed by atoms with Crippen molar-refractivity contribution >= 4 is 11.6 Å². The summed E-state index contributed by atoms with van der Waals surface area (Å²) in [6, 6.07) is 8.00. The van der Waals surface area contributed by atoms with Crippen LogP contribution < -0.4 is 5.32 Å². The largest absolute Gasteiger partial charge is 0.451 e. The van der Waals surface area contributed by atoms with Crippen LogP contribution in [0.5, 0.6) is 0 Å². The Morgan fingerprint density at radius 3 is 2.94 bits per heavy atom. The van der Waals surface area contributed by atoms with Crippen molar-refractivity contribution in [3.8, 4) is 0 Å². The molecule has 0 radical (unpaired) electrons. The Bertz CT molecular complexity index is 442. The normalized spacial score (nSPS) is 12.6. The molecule has 1 N–H and O–H groups in total. The molecule has 1 aromatic carbocycles. The molecule has 0 bridgehead atoms. The summed E-state index contributed by atoms with van der Waals surface area (Å²) >= 11 is 6.11. The fourth-order valence-electron chi connectivity index (χ4n) is 1.52. The SMILES string of the molecule is CC(NCc1cocn1)c1ccccc1Cl. The standard InChI is InChI=1S/C12H13ClN2O/c1-9(11-4-2-3-5-12(11)13)14-6-10-7-16-8-15-10/h2-5,7-9,14H,6H2,1H3. The van der Waals surface area contributed by atoms with Crippen LogP contribution in [0.2, 0.25) is 5.02 Å². The Morgan fingerprint density at radius 1 is 1.44 bits per heavy atom. The van der Waals surface area contributed by atoms with Gasteiger partial charge in [0.05, 0.1) is 5.69 Å². The summed E-state index contributed by atoms with van der Waals surface area (Å²) in [6.07, 6.45) is 3.06. The van der Waals surface area contributed by atoms with Crippen LogP contribution in [-0.2, 0) is 6.54 Å². The lowest BCUT2D eigenvalue weighted by Crippen LogP contribution is -2.18. The van der Waals surface area contributed by atoms with Gasteiger partial charge in [0.1, 0.15) is 6.26 Å². The van der Waals surface area contributed by atoms with Gasteiger partial charge < -0.3 is 9.73 Å². The zero-order valence-corrected chi connectivity index (χ0v) is 9.74. The first-order chi connectivity index (χ1) is 7.77. The van der Waals surface area contributed by atoms with Crippen LogP contribution in [0.4, 0.5) is 0 Å². The Hall–Kier alpha value is -1.32.